The van der Waals surface area contributed by atoms with Crippen molar-refractivity contribution in [2.45, 2.75) is 31.2 Å². The standard InChI is InChI=1S/C22H22N4O/c23-22(27)12-3-1-11(2-4-12)21-19-14-6-5-13(9-14)18(19)20-15-10-24-26-16(15)7-8-17(20)25-21/h1-4,7-8,10,13-14,18-19,21,25H,5-6,9H2,(H2,23,27)(H,24,26)/t13?,14?,18-,19+,21-/m0/s1. The highest BCUT2D eigenvalue weighted by atomic mass is 16.1. The number of aromatic nitrogens is 2. The van der Waals surface area contributed by atoms with E-state index in [4.69, 9.17) is 5.73 Å². The second-order valence-electron chi connectivity index (χ2n) is 8.40. The molecule has 2 heterocycles. The number of benzene rings is 2. The molecule has 1 aromatic heterocycles. The molecular formula is C22H22N4O. The molecule has 2 aromatic carbocycles. The molecule has 4 N–H and O–H groups in total. The maximum absolute atomic E-state index is 11.4. The van der Waals surface area contributed by atoms with Crippen LogP contribution in [-0.2, 0) is 0 Å². The number of hydrogen-bond donors (Lipinski definition) is 3. The summed E-state index contributed by atoms with van der Waals surface area (Å²) in [6, 6.07) is 12.5. The average molecular weight is 358 g/mol. The molecule has 0 spiro atoms. The highest BCUT2D eigenvalue weighted by Crippen LogP contribution is 2.64. The maximum Gasteiger partial charge on any atom is 0.248 e. The van der Waals surface area contributed by atoms with Crippen LogP contribution in [0.3, 0.4) is 0 Å². The van der Waals surface area contributed by atoms with Gasteiger partial charge in [0.2, 0.25) is 5.91 Å². The molecule has 5 atom stereocenters. The van der Waals surface area contributed by atoms with Gasteiger partial charge in [-0.2, -0.15) is 5.10 Å². The molecule has 2 bridgehead atoms. The molecule has 0 saturated heterocycles. The lowest BCUT2D eigenvalue weighted by atomic mass is 9.67. The van der Waals surface area contributed by atoms with E-state index >= 15 is 0 Å². The number of rotatable bonds is 2. The second kappa shape index (κ2) is 5.35. The first kappa shape index (κ1) is 15.3. The molecule has 1 aliphatic heterocycles. The molecule has 136 valence electrons. The summed E-state index contributed by atoms with van der Waals surface area (Å²) in [5, 5.41) is 12.5. The minimum atomic E-state index is -0.372. The van der Waals surface area contributed by atoms with E-state index in [-0.39, 0.29) is 11.9 Å². The van der Waals surface area contributed by atoms with Gasteiger partial charge in [0, 0.05) is 16.6 Å². The van der Waals surface area contributed by atoms with Crippen LogP contribution in [0.5, 0.6) is 0 Å². The van der Waals surface area contributed by atoms with Gasteiger partial charge in [0.05, 0.1) is 17.8 Å². The van der Waals surface area contributed by atoms with Crippen LogP contribution in [0.25, 0.3) is 10.9 Å². The highest BCUT2D eigenvalue weighted by molar-refractivity contribution is 5.93. The lowest BCUT2D eigenvalue weighted by Gasteiger charge is -2.43. The van der Waals surface area contributed by atoms with E-state index in [9.17, 15) is 4.79 Å². The SMILES string of the molecule is NC(=O)c1ccc([C@@H]2Nc3ccc4[nH]ncc4c3[C@H]3C4CCC(C4)[C@@H]23)cc1. The quantitative estimate of drug-likeness (QED) is 0.648. The topological polar surface area (TPSA) is 83.8 Å². The van der Waals surface area contributed by atoms with Crippen LogP contribution in [0, 0.1) is 17.8 Å². The first-order valence-corrected chi connectivity index (χ1v) is 9.83. The van der Waals surface area contributed by atoms with Crippen molar-refractivity contribution in [2.75, 3.05) is 5.32 Å². The third-order valence-electron chi connectivity index (χ3n) is 7.23. The predicted molar refractivity (Wildman–Crippen MR) is 104 cm³/mol. The Labute approximate surface area is 157 Å². The highest BCUT2D eigenvalue weighted by Gasteiger charge is 2.54. The molecule has 6 rings (SSSR count). The molecular weight excluding hydrogens is 336 g/mol. The van der Waals surface area contributed by atoms with Gasteiger partial charge >= 0.3 is 0 Å². The van der Waals surface area contributed by atoms with E-state index in [1.165, 1.54) is 41.5 Å². The fourth-order valence-electron chi connectivity index (χ4n) is 6.19. The molecule has 2 fully saturated rings. The third kappa shape index (κ3) is 2.05. The number of nitrogens with zero attached hydrogens (tertiary/aromatic N) is 1. The number of nitrogens with one attached hydrogen (secondary N) is 2. The van der Waals surface area contributed by atoms with Crippen LogP contribution >= 0.6 is 0 Å². The summed E-state index contributed by atoms with van der Waals surface area (Å²) in [6.07, 6.45) is 5.99. The summed E-state index contributed by atoms with van der Waals surface area (Å²) in [5.41, 5.74) is 11.1. The Morgan fingerprint density at radius 1 is 1.07 bits per heavy atom. The first-order chi connectivity index (χ1) is 13.2. The molecule has 5 heteroatoms. The van der Waals surface area contributed by atoms with Crippen molar-refractivity contribution in [3.05, 3.63) is 59.3 Å². The Bertz CT molecular complexity index is 1050. The van der Waals surface area contributed by atoms with Gasteiger partial charge in [-0.15, -0.1) is 0 Å². The van der Waals surface area contributed by atoms with Gasteiger partial charge in [0.25, 0.3) is 0 Å². The number of H-pyrrole nitrogens is 1. The van der Waals surface area contributed by atoms with Crippen LogP contribution in [0.2, 0.25) is 0 Å². The number of aromatic amines is 1. The van der Waals surface area contributed by atoms with Crippen molar-refractivity contribution in [3.8, 4) is 0 Å². The van der Waals surface area contributed by atoms with Crippen LogP contribution in [0.1, 0.15) is 52.7 Å². The number of hydrogen-bond acceptors (Lipinski definition) is 3. The normalized spacial score (nSPS) is 30.7. The van der Waals surface area contributed by atoms with E-state index in [1.54, 1.807) is 0 Å². The van der Waals surface area contributed by atoms with E-state index in [1.807, 2.05) is 18.3 Å². The third-order valence-corrected chi connectivity index (χ3v) is 7.23. The van der Waals surface area contributed by atoms with Crippen molar-refractivity contribution >= 4 is 22.5 Å². The minimum Gasteiger partial charge on any atom is -0.378 e. The van der Waals surface area contributed by atoms with Crippen LogP contribution in [0.15, 0.2) is 42.6 Å². The van der Waals surface area contributed by atoms with Gasteiger partial charge < -0.3 is 11.1 Å². The van der Waals surface area contributed by atoms with Gasteiger partial charge in [0.15, 0.2) is 0 Å². The van der Waals surface area contributed by atoms with Crippen molar-refractivity contribution in [1.29, 1.82) is 0 Å². The summed E-state index contributed by atoms with van der Waals surface area (Å²) in [7, 11) is 0. The predicted octanol–water partition coefficient (Wildman–Crippen LogP) is 3.96. The van der Waals surface area contributed by atoms with Crippen molar-refractivity contribution in [2.24, 2.45) is 23.5 Å². The number of amides is 1. The zero-order chi connectivity index (χ0) is 18.1. The lowest BCUT2D eigenvalue weighted by molar-refractivity contribution is 0.100. The Morgan fingerprint density at radius 3 is 2.70 bits per heavy atom. The summed E-state index contributed by atoms with van der Waals surface area (Å²) in [6.45, 7) is 0. The van der Waals surface area contributed by atoms with Gasteiger partial charge in [-0.05, 0) is 78.3 Å². The molecule has 3 aliphatic rings. The number of primary amides is 1. The monoisotopic (exact) mass is 358 g/mol. The molecule has 0 radical (unpaired) electrons. The zero-order valence-electron chi connectivity index (χ0n) is 15.0. The van der Waals surface area contributed by atoms with E-state index in [0.717, 1.165) is 17.4 Å². The van der Waals surface area contributed by atoms with E-state index in [2.05, 4.69) is 39.8 Å². The van der Waals surface area contributed by atoms with Crippen molar-refractivity contribution in [1.82, 2.24) is 10.2 Å². The fourth-order valence-corrected chi connectivity index (χ4v) is 6.19. The molecule has 2 saturated carbocycles. The second-order valence-corrected chi connectivity index (χ2v) is 8.40. The first-order valence-electron chi connectivity index (χ1n) is 9.83. The summed E-state index contributed by atoms with van der Waals surface area (Å²) >= 11 is 0. The largest absolute Gasteiger partial charge is 0.378 e. The summed E-state index contributed by atoms with van der Waals surface area (Å²) < 4.78 is 0. The Hall–Kier alpha value is -2.82. The number of anilines is 1. The fraction of sp³-hybridized carbons (Fsp3) is 0.364. The van der Waals surface area contributed by atoms with Gasteiger partial charge in [-0.25, -0.2) is 0 Å². The molecule has 2 aliphatic carbocycles. The van der Waals surface area contributed by atoms with Crippen molar-refractivity contribution < 1.29 is 4.79 Å². The Kier molecular flexibility index (Phi) is 3.02. The number of fused-ring (bicyclic) bond motifs is 9. The van der Waals surface area contributed by atoms with E-state index in [0.29, 0.717) is 17.4 Å². The summed E-state index contributed by atoms with van der Waals surface area (Å²) in [5.74, 6) is 2.35. The van der Waals surface area contributed by atoms with Gasteiger partial charge in [0.1, 0.15) is 0 Å². The number of carbonyl (C=O) groups excluding carboxylic acids is 1. The van der Waals surface area contributed by atoms with Crippen LogP contribution in [-0.4, -0.2) is 16.1 Å². The Morgan fingerprint density at radius 2 is 1.89 bits per heavy atom. The van der Waals surface area contributed by atoms with Crippen LogP contribution in [0.4, 0.5) is 5.69 Å². The van der Waals surface area contributed by atoms with Gasteiger partial charge in [-0.3, -0.25) is 9.89 Å². The average Bonchev–Trinajstić information content (AvgIpc) is 3.43. The molecule has 2 unspecified atom stereocenters. The van der Waals surface area contributed by atoms with Crippen LogP contribution < -0.4 is 11.1 Å². The molecule has 27 heavy (non-hydrogen) atoms. The number of carbonyl (C=O) groups is 1. The maximum atomic E-state index is 11.4. The lowest BCUT2D eigenvalue weighted by Crippen LogP contribution is -2.35. The summed E-state index contributed by atoms with van der Waals surface area (Å²) in [4.78, 5) is 11.4. The molecule has 1 amide bonds. The van der Waals surface area contributed by atoms with Gasteiger partial charge in [-0.1, -0.05) is 12.1 Å². The minimum absolute atomic E-state index is 0.282. The molecule has 5 nitrogen and oxygen atoms in total. The zero-order valence-corrected chi connectivity index (χ0v) is 15.0. The Balaban J connectivity index is 1.50. The van der Waals surface area contributed by atoms with Crippen molar-refractivity contribution in [3.63, 3.8) is 0 Å². The molecule has 3 aromatic rings. The number of nitrogens with two attached hydrogens (primary N) is 1. The van der Waals surface area contributed by atoms with E-state index < -0.39 is 0 Å². The smallest absolute Gasteiger partial charge is 0.248 e.